The van der Waals surface area contributed by atoms with Crippen molar-refractivity contribution in [3.63, 3.8) is 0 Å². The molecule has 5 nitrogen and oxygen atoms in total. The number of rotatable bonds is 5. The van der Waals surface area contributed by atoms with Crippen LogP contribution in [0, 0.1) is 0 Å². The number of ether oxygens (including phenoxy) is 1. The maximum absolute atomic E-state index is 11.7. The number of likely N-dealkylation sites (N-methyl/N-ethyl adjacent to an activating group) is 1. The summed E-state index contributed by atoms with van der Waals surface area (Å²) in [5.41, 5.74) is 0. The van der Waals surface area contributed by atoms with Crippen LogP contribution in [0.2, 0.25) is 10.0 Å². The van der Waals surface area contributed by atoms with Crippen molar-refractivity contribution in [2.75, 3.05) is 13.7 Å². The number of para-hydroxylation sites is 1. The van der Waals surface area contributed by atoms with E-state index >= 15 is 0 Å². The van der Waals surface area contributed by atoms with Gasteiger partial charge in [-0.05, 0) is 19.1 Å². The summed E-state index contributed by atoms with van der Waals surface area (Å²) in [6.45, 7) is 1.07. The van der Waals surface area contributed by atoms with Gasteiger partial charge < -0.3 is 14.7 Å². The van der Waals surface area contributed by atoms with Crippen LogP contribution in [-0.4, -0.2) is 41.6 Å². The van der Waals surface area contributed by atoms with Crippen LogP contribution < -0.4 is 4.74 Å². The van der Waals surface area contributed by atoms with E-state index in [-0.39, 0.29) is 22.4 Å². The van der Waals surface area contributed by atoms with Gasteiger partial charge in [-0.2, -0.15) is 0 Å². The molecule has 0 spiro atoms. The highest BCUT2D eigenvalue weighted by Crippen LogP contribution is 2.32. The van der Waals surface area contributed by atoms with Gasteiger partial charge in [0.15, 0.2) is 12.4 Å². The Labute approximate surface area is 120 Å². The molecule has 0 aliphatic heterocycles. The fraction of sp³-hybridized carbons (Fsp3) is 0.333. The lowest BCUT2D eigenvalue weighted by Gasteiger charge is -2.21. The quantitative estimate of drug-likeness (QED) is 0.906. The fourth-order valence-corrected chi connectivity index (χ4v) is 1.74. The van der Waals surface area contributed by atoms with E-state index in [0.29, 0.717) is 0 Å². The monoisotopic (exact) mass is 305 g/mol. The van der Waals surface area contributed by atoms with E-state index in [0.717, 1.165) is 4.90 Å². The number of carbonyl (C=O) groups excluding carboxylic acids is 1. The zero-order valence-corrected chi connectivity index (χ0v) is 11.9. The molecule has 7 heteroatoms. The number of carboxylic acid groups (broad SMARTS) is 1. The molecule has 1 aromatic rings. The van der Waals surface area contributed by atoms with Crippen molar-refractivity contribution in [1.29, 1.82) is 0 Å². The molecule has 1 rings (SSSR count). The first-order valence-electron chi connectivity index (χ1n) is 5.40. The van der Waals surface area contributed by atoms with E-state index < -0.39 is 17.9 Å². The molecule has 104 valence electrons. The lowest BCUT2D eigenvalue weighted by atomic mass is 10.3. The van der Waals surface area contributed by atoms with Gasteiger partial charge in [0.1, 0.15) is 6.04 Å². The smallest absolute Gasteiger partial charge is 0.326 e. The Balaban J connectivity index is 2.67. The lowest BCUT2D eigenvalue weighted by molar-refractivity contribution is -0.148. The van der Waals surface area contributed by atoms with Crippen molar-refractivity contribution < 1.29 is 19.4 Å². The van der Waals surface area contributed by atoms with Gasteiger partial charge in [0, 0.05) is 7.05 Å². The third kappa shape index (κ3) is 4.01. The summed E-state index contributed by atoms with van der Waals surface area (Å²) in [5.74, 6) is -1.37. The molecule has 1 atom stereocenters. The first-order valence-corrected chi connectivity index (χ1v) is 6.15. The van der Waals surface area contributed by atoms with E-state index in [4.69, 9.17) is 33.0 Å². The molecule has 0 heterocycles. The normalized spacial score (nSPS) is 11.8. The molecule has 0 saturated carbocycles. The van der Waals surface area contributed by atoms with Gasteiger partial charge in [-0.25, -0.2) is 4.79 Å². The number of nitrogens with zero attached hydrogens (tertiary/aromatic N) is 1. The van der Waals surface area contributed by atoms with Gasteiger partial charge in [-0.1, -0.05) is 29.3 Å². The molecule has 1 aromatic carbocycles. The average Bonchev–Trinajstić information content (AvgIpc) is 2.35. The summed E-state index contributed by atoms with van der Waals surface area (Å²) in [4.78, 5) is 23.6. The van der Waals surface area contributed by atoms with E-state index in [1.165, 1.54) is 14.0 Å². The molecule has 0 radical (unpaired) electrons. The van der Waals surface area contributed by atoms with Crippen LogP contribution in [0.25, 0.3) is 0 Å². The Morgan fingerprint density at radius 3 is 2.37 bits per heavy atom. The fourth-order valence-electron chi connectivity index (χ4n) is 1.24. The van der Waals surface area contributed by atoms with E-state index in [1.54, 1.807) is 18.2 Å². The number of benzene rings is 1. The molecule has 0 aliphatic rings. The van der Waals surface area contributed by atoms with Crippen LogP contribution in [0.5, 0.6) is 5.75 Å². The average molecular weight is 306 g/mol. The Hall–Kier alpha value is -1.46. The summed E-state index contributed by atoms with van der Waals surface area (Å²) in [7, 11) is 1.39. The molecule has 0 bridgehead atoms. The van der Waals surface area contributed by atoms with Gasteiger partial charge in [0.2, 0.25) is 0 Å². The predicted octanol–water partition coefficient (Wildman–Crippen LogP) is 2.30. The largest absolute Gasteiger partial charge is 0.481 e. The Morgan fingerprint density at radius 2 is 1.89 bits per heavy atom. The van der Waals surface area contributed by atoms with E-state index in [9.17, 15) is 9.59 Å². The third-order valence-corrected chi connectivity index (χ3v) is 3.19. The molecule has 0 aromatic heterocycles. The van der Waals surface area contributed by atoms with Crippen molar-refractivity contribution >= 4 is 35.1 Å². The van der Waals surface area contributed by atoms with Crippen molar-refractivity contribution in [3.05, 3.63) is 28.2 Å². The number of halogens is 2. The highest BCUT2D eigenvalue weighted by atomic mass is 35.5. The second-order valence-corrected chi connectivity index (χ2v) is 4.67. The molecule has 0 saturated heterocycles. The van der Waals surface area contributed by atoms with Crippen molar-refractivity contribution in [1.82, 2.24) is 4.90 Å². The minimum atomic E-state index is -1.09. The highest BCUT2D eigenvalue weighted by molar-refractivity contribution is 6.37. The Kier molecular flexibility index (Phi) is 5.44. The van der Waals surface area contributed by atoms with Gasteiger partial charge in [0.25, 0.3) is 5.91 Å². The maximum atomic E-state index is 11.7. The van der Waals surface area contributed by atoms with Gasteiger partial charge >= 0.3 is 5.97 Å². The molecule has 1 unspecified atom stereocenters. The summed E-state index contributed by atoms with van der Waals surface area (Å²) in [6, 6.07) is 3.88. The van der Waals surface area contributed by atoms with Crippen LogP contribution in [0.15, 0.2) is 18.2 Å². The van der Waals surface area contributed by atoms with Crippen molar-refractivity contribution in [2.45, 2.75) is 13.0 Å². The predicted molar refractivity (Wildman–Crippen MR) is 71.8 cm³/mol. The number of hydrogen-bond donors (Lipinski definition) is 1. The molecule has 0 aliphatic carbocycles. The van der Waals surface area contributed by atoms with Crippen LogP contribution in [-0.2, 0) is 9.59 Å². The van der Waals surface area contributed by atoms with Crippen LogP contribution in [0.4, 0.5) is 0 Å². The van der Waals surface area contributed by atoms with Crippen molar-refractivity contribution in [3.8, 4) is 5.75 Å². The van der Waals surface area contributed by atoms with Crippen LogP contribution >= 0.6 is 23.2 Å². The number of amides is 1. The topological polar surface area (TPSA) is 66.8 Å². The second kappa shape index (κ2) is 6.63. The van der Waals surface area contributed by atoms with Gasteiger partial charge in [-0.3, -0.25) is 4.79 Å². The number of carbonyl (C=O) groups is 2. The molecule has 0 fully saturated rings. The molecule has 19 heavy (non-hydrogen) atoms. The number of hydrogen-bond acceptors (Lipinski definition) is 3. The maximum Gasteiger partial charge on any atom is 0.326 e. The summed E-state index contributed by atoms with van der Waals surface area (Å²) >= 11 is 11.8. The van der Waals surface area contributed by atoms with Crippen molar-refractivity contribution in [2.24, 2.45) is 0 Å². The number of aliphatic carboxylic acids is 1. The highest BCUT2D eigenvalue weighted by Gasteiger charge is 2.22. The summed E-state index contributed by atoms with van der Waals surface area (Å²) < 4.78 is 5.23. The van der Waals surface area contributed by atoms with Gasteiger partial charge in [-0.15, -0.1) is 0 Å². The van der Waals surface area contributed by atoms with E-state index in [2.05, 4.69) is 0 Å². The Bertz CT molecular complexity index is 472. The second-order valence-electron chi connectivity index (χ2n) is 3.86. The molecular weight excluding hydrogens is 293 g/mol. The van der Waals surface area contributed by atoms with Gasteiger partial charge in [0.05, 0.1) is 10.0 Å². The van der Waals surface area contributed by atoms with E-state index in [1.807, 2.05) is 0 Å². The minimum absolute atomic E-state index is 0.204. The zero-order valence-electron chi connectivity index (χ0n) is 10.4. The first kappa shape index (κ1) is 15.6. The third-order valence-electron chi connectivity index (χ3n) is 2.59. The minimum Gasteiger partial charge on any atom is -0.481 e. The van der Waals surface area contributed by atoms with Crippen LogP contribution in [0.1, 0.15) is 6.92 Å². The molecule has 1 N–H and O–H groups in total. The Morgan fingerprint density at radius 1 is 1.37 bits per heavy atom. The number of carboxylic acids is 1. The first-order chi connectivity index (χ1) is 8.84. The molecular formula is C12H13Cl2NO4. The summed E-state index contributed by atoms with van der Waals surface area (Å²) in [5, 5.41) is 9.37. The standard InChI is InChI=1S/C12H13Cl2NO4/c1-7(12(17)18)15(2)10(16)6-19-11-8(13)4-3-5-9(11)14/h3-5,7H,6H2,1-2H3,(H,17,18). The SMILES string of the molecule is CC(C(=O)O)N(C)C(=O)COc1c(Cl)cccc1Cl. The summed E-state index contributed by atoms with van der Waals surface area (Å²) in [6.07, 6.45) is 0. The lowest BCUT2D eigenvalue weighted by Crippen LogP contribution is -2.42. The zero-order chi connectivity index (χ0) is 14.6. The molecule has 1 amide bonds. The van der Waals surface area contributed by atoms with Crippen LogP contribution in [0.3, 0.4) is 0 Å².